The summed E-state index contributed by atoms with van der Waals surface area (Å²) in [5.74, 6) is 1.34. The summed E-state index contributed by atoms with van der Waals surface area (Å²) in [7, 11) is 1.58. The lowest BCUT2D eigenvalue weighted by Crippen LogP contribution is -2.46. The summed E-state index contributed by atoms with van der Waals surface area (Å²) in [5, 5.41) is 6.48. The second-order valence-corrected chi connectivity index (χ2v) is 7.74. The van der Waals surface area contributed by atoms with Crippen LogP contribution in [0.1, 0.15) is 5.56 Å². The quantitative estimate of drug-likeness (QED) is 0.552. The van der Waals surface area contributed by atoms with Gasteiger partial charge >= 0.3 is 0 Å². The van der Waals surface area contributed by atoms with E-state index in [0.717, 1.165) is 37.6 Å². The van der Waals surface area contributed by atoms with Crippen LogP contribution >= 0.6 is 12.2 Å². The molecule has 1 saturated heterocycles. The molecule has 3 aromatic rings. The Morgan fingerprint density at radius 1 is 1.00 bits per heavy atom. The summed E-state index contributed by atoms with van der Waals surface area (Å²) < 4.78 is 18.4. The van der Waals surface area contributed by atoms with E-state index in [1.165, 1.54) is 17.8 Å². The number of aromatic nitrogens is 2. The van der Waals surface area contributed by atoms with E-state index in [9.17, 15) is 4.39 Å². The van der Waals surface area contributed by atoms with Gasteiger partial charge in [-0.25, -0.2) is 4.39 Å². The predicted molar refractivity (Wildman–Crippen MR) is 129 cm³/mol. The molecule has 2 N–H and O–H groups in total. The van der Waals surface area contributed by atoms with Crippen molar-refractivity contribution >= 4 is 34.8 Å². The number of piperazine rings is 1. The van der Waals surface area contributed by atoms with Crippen LogP contribution in [0.3, 0.4) is 0 Å². The molecule has 0 unspecified atom stereocenters. The van der Waals surface area contributed by atoms with Crippen LogP contribution in [-0.2, 0) is 6.54 Å². The maximum atomic E-state index is 13.1. The number of halogens is 1. The lowest BCUT2D eigenvalue weighted by atomic mass is 10.2. The third kappa shape index (κ3) is 5.61. The average molecular weight is 453 g/mol. The largest absolute Gasteiger partial charge is 0.481 e. The van der Waals surface area contributed by atoms with E-state index in [-0.39, 0.29) is 5.82 Å². The Morgan fingerprint density at radius 2 is 1.69 bits per heavy atom. The van der Waals surface area contributed by atoms with Crippen molar-refractivity contribution in [3.8, 4) is 5.88 Å². The van der Waals surface area contributed by atoms with E-state index in [4.69, 9.17) is 17.0 Å². The first-order valence-electron chi connectivity index (χ1n) is 10.4. The summed E-state index contributed by atoms with van der Waals surface area (Å²) in [6.45, 7) is 3.93. The Hall–Kier alpha value is -3.46. The van der Waals surface area contributed by atoms with Gasteiger partial charge in [-0.2, -0.15) is 9.97 Å². The Labute approximate surface area is 192 Å². The number of hydrogen-bond donors (Lipinski definition) is 2. The van der Waals surface area contributed by atoms with E-state index in [0.29, 0.717) is 23.5 Å². The minimum absolute atomic E-state index is 0.267. The van der Waals surface area contributed by atoms with Crippen LogP contribution in [0.15, 0.2) is 60.7 Å². The monoisotopic (exact) mass is 452 g/mol. The van der Waals surface area contributed by atoms with Crippen LogP contribution < -0.4 is 25.2 Å². The molecule has 2 heterocycles. The highest BCUT2D eigenvalue weighted by atomic mass is 32.1. The third-order valence-electron chi connectivity index (χ3n) is 5.21. The smallest absolute Gasteiger partial charge is 0.234 e. The molecule has 0 aliphatic carbocycles. The first-order valence-corrected chi connectivity index (χ1v) is 10.8. The predicted octanol–water partition coefficient (Wildman–Crippen LogP) is 3.44. The van der Waals surface area contributed by atoms with Crippen molar-refractivity contribution in [2.75, 3.05) is 48.4 Å². The molecule has 4 rings (SSSR count). The van der Waals surface area contributed by atoms with Crippen molar-refractivity contribution in [2.24, 2.45) is 0 Å². The molecule has 1 aliphatic heterocycles. The molecule has 9 heteroatoms. The van der Waals surface area contributed by atoms with Crippen molar-refractivity contribution in [1.82, 2.24) is 15.3 Å². The van der Waals surface area contributed by atoms with Crippen molar-refractivity contribution in [1.29, 1.82) is 0 Å². The lowest BCUT2D eigenvalue weighted by molar-refractivity contribution is 0.397. The van der Waals surface area contributed by atoms with Crippen LogP contribution in [0.25, 0.3) is 0 Å². The molecule has 0 spiro atoms. The molecule has 0 radical (unpaired) electrons. The Morgan fingerprint density at radius 3 is 2.38 bits per heavy atom. The SMILES string of the molecule is COc1cc(N2CCN(c3ccccc3)CC2)nc(NC(=S)NCc2ccc(F)cc2)n1. The van der Waals surface area contributed by atoms with Gasteiger partial charge in [0.25, 0.3) is 0 Å². The number of ether oxygens (including phenoxy) is 1. The van der Waals surface area contributed by atoms with Gasteiger partial charge in [-0.15, -0.1) is 0 Å². The number of nitrogens with zero attached hydrogens (tertiary/aromatic N) is 4. The van der Waals surface area contributed by atoms with Crippen molar-refractivity contribution in [3.63, 3.8) is 0 Å². The minimum Gasteiger partial charge on any atom is -0.481 e. The van der Waals surface area contributed by atoms with E-state index in [1.54, 1.807) is 19.2 Å². The number of methoxy groups -OCH3 is 1. The molecular weight excluding hydrogens is 427 g/mol. The van der Waals surface area contributed by atoms with Gasteiger partial charge in [-0.1, -0.05) is 30.3 Å². The van der Waals surface area contributed by atoms with E-state index < -0.39 is 0 Å². The minimum atomic E-state index is -0.267. The van der Waals surface area contributed by atoms with Crippen LogP contribution in [0.4, 0.5) is 21.8 Å². The summed E-state index contributed by atoms with van der Waals surface area (Å²) in [5.41, 5.74) is 2.14. The van der Waals surface area contributed by atoms with Gasteiger partial charge in [-0.05, 0) is 42.0 Å². The first-order chi connectivity index (χ1) is 15.6. The molecule has 166 valence electrons. The van der Waals surface area contributed by atoms with Crippen LogP contribution in [-0.4, -0.2) is 48.4 Å². The number of hydrogen-bond acceptors (Lipinski definition) is 6. The van der Waals surface area contributed by atoms with E-state index in [2.05, 4.69) is 54.7 Å². The number of rotatable bonds is 6. The fourth-order valence-electron chi connectivity index (χ4n) is 3.50. The summed E-state index contributed by atoms with van der Waals surface area (Å²) in [6, 6.07) is 18.5. The Kier molecular flexibility index (Phi) is 6.96. The number of para-hydroxylation sites is 1. The molecule has 0 amide bonds. The average Bonchev–Trinajstić information content (AvgIpc) is 2.84. The molecular formula is C23H25FN6OS. The fourth-order valence-corrected chi connectivity index (χ4v) is 3.66. The zero-order valence-corrected chi connectivity index (χ0v) is 18.6. The number of anilines is 3. The summed E-state index contributed by atoms with van der Waals surface area (Å²) >= 11 is 5.37. The van der Waals surface area contributed by atoms with Gasteiger partial charge in [0.05, 0.1) is 7.11 Å². The highest BCUT2D eigenvalue weighted by Gasteiger charge is 2.20. The maximum Gasteiger partial charge on any atom is 0.234 e. The van der Waals surface area contributed by atoms with Crippen molar-refractivity contribution in [2.45, 2.75) is 6.54 Å². The third-order valence-corrected chi connectivity index (χ3v) is 5.46. The summed E-state index contributed by atoms with van der Waals surface area (Å²) in [6.07, 6.45) is 0. The number of benzene rings is 2. The molecule has 1 aliphatic rings. The molecule has 1 fully saturated rings. The molecule has 1 aromatic heterocycles. The fraction of sp³-hybridized carbons (Fsp3) is 0.261. The molecule has 0 bridgehead atoms. The highest BCUT2D eigenvalue weighted by molar-refractivity contribution is 7.80. The zero-order valence-electron chi connectivity index (χ0n) is 17.8. The molecule has 0 saturated carbocycles. The number of nitrogens with one attached hydrogen (secondary N) is 2. The number of thiocarbonyl (C=S) groups is 1. The summed E-state index contributed by atoms with van der Waals surface area (Å²) in [4.78, 5) is 13.6. The van der Waals surface area contributed by atoms with Crippen LogP contribution in [0, 0.1) is 5.82 Å². The van der Waals surface area contributed by atoms with Gasteiger partial charge in [-0.3, -0.25) is 0 Å². The standard InChI is InChI=1S/C23H25FN6OS/c1-31-21-15-20(30-13-11-29(12-14-30)19-5-3-2-4-6-19)26-22(27-21)28-23(32)25-16-17-7-9-18(24)10-8-17/h2-10,15H,11-14,16H2,1H3,(H2,25,26,27,28,32). The Balaban J connectivity index is 1.38. The van der Waals surface area contributed by atoms with Crippen LogP contribution in [0.5, 0.6) is 5.88 Å². The van der Waals surface area contributed by atoms with Gasteiger partial charge in [0.2, 0.25) is 11.8 Å². The molecule has 2 aromatic carbocycles. The lowest BCUT2D eigenvalue weighted by Gasteiger charge is -2.36. The van der Waals surface area contributed by atoms with Gasteiger partial charge in [0, 0.05) is 44.5 Å². The second-order valence-electron chi connectivity index (χ2n) is 7.34. The molecule has 7 nitrogen and oxygen atoms in total. The first kappa shape index (κ1) is 21.8. The molecule has 32 heavy (non-hydrogen) atoms. The van der Waals surface area contributed by atoms with Gasteiger partial charge in [0.15, 0.2) is 5.11 Å². The zero-order chi connectivity index (χ0) is 22.3. The van der Waals surface area contributed by atoms with Crippen molar-refractivity contribution in [3.05, 3.63) is 72.0 Å². The molecule has 0 atom stereocenters. The van der Waals surface area contributed by atoms with E-state index in [1.807, 2.05) is 12.1 Å². The highest BCUT2D eigenvalue weighted by Crippen LogP contribution is 2.23. The second kappa shape index (κ2) is 10.2. The normalized spacial score (nSPS) is 13.6. The van der Waals surface area contributed by atoms with Gasteiger partial charge in [0.1, 0.15) is 11.6 Å². The Bertz CT molecular complexity index is 1040. The van der Waals surface area contributed by atoms with Gasteiger partial charge < -0.3 is 25.2 Å². The van der Waals surface area contributed by atoms with Crippen LogP contribution in [0.2, 0.25) is 0 Å². The topological polar surface area (TPSA) is 65.6 Å². The maximum absolute atomic E-state index is 13.1. The van der Waals surface area contributed by atoms with E-state index >= 15 is 0 Å². The van der Waals surface area contributed by atoms with Crippen molar-refractivity contribution < 1.29 is 9.13 Å².